The van der Waals surface area contributed by atoms with Crippen LogP contribution in [-0.4, -0.2) is 19.2 Å². The van der Waals surface area contributed by atoms with Crippen LogP contribution in [0.15, 0.2) is 4.76 Å². The number of rotatable bonds is 7. The smallest absolute Gasteiger partial charge is 0.312 e. The average Bonchev–Trinajstić information content (AvgIpc) is 2.11. The van der Waals surface area contributed by atoms with Crippen molar-refractivity contribution in [1.29, 1.82) is 0 Å². The normalized spacial score (nSPS) is 11.3. The SMILES string of the molecule is CCCOP(=S)(N=C(N)N)OCCC. The van der Waals surface area contributed by atoms with Crippen LogP contribution < -0.4 is 11.5 Å². The highest BCUT2D eigenvalue weighted by molar-refractivity contribution is 8.09. The van der Waals surface area contributed by atoms with Gasteiger partial charge in [-0.2, -0.15) is 4.76 Å². The lowest BCUT2D eigenvalue weighted by atomic mass is 10.5. The van der Waals surface area contributed by atoms with Crippen molar-refractivity contribution in [2.24, 2.45) is 16.2 Å². The van der Waals surface area contributed by atoms with Crippen molar-refractivity contribution in [3.05, 3.63) is 0 Å². The predicted molar refractivity (Wildman–Crippen MR) is 62.6 cm³/mol. The van der Waals surface area contributed by atoms with Crippen LogP contribution in [0.25, 0.3) is 0 Å². The Morgan fingerprint density at radius 1 is 1.21 bits per heavy atom. The molecule has 0 saturated carbocycles. The predicted octanol–water partition coefficient (Wildman–Crippen LogP) is 1.34. The van der Waals surface area contributed by atoms with Gasteiger partial charge in [-0.1, -0.05) is 13.8 Å². The van der Waals surface area contributed by atoms with Gasteiger partial charge in [-0.15, -0.1) is 0 Å². The van der Waals surface area contributed by atoms with Gasteiger partial charge in [0.15, 0.2) is 5.96 Å². The Morgan fingerprint density at radius 3 is 1.93 bits per heavy atom. The molecule has 0 unspecified atom stereocenters. The average molecular weight is 239 g/mol. The van der Waals surface area contributed by atoms with E-state index in [1.54, 1.807) is 0 Å². The van der Waals surface area contributed by atoms with Gasteiger partial charge >= 0.3 is 6.64 Å². The Labute approximate surface area is 90.1 Å². The van der Waals surface area contributed by atoms with Crippen molar-refractivity contribution in [1.82, 2.24) is 0 Å². The summed E-state index contributed by atoms with van der Waals surface area (Å²) < 4.78 is 14.5. The fourth-order valence-electron chi connectivity index (χ4n) is 0.650. The molecule has 5 nitrogen and oxygen atoms in total. The quantitative estimate of drug-likeness (QED) is 0.398. The van der Waals surface area contributed by atoms with E-state index in [1.807, 2.05) is 13.8 Å². The third kappa shape index (κ3) is 6.32. The lowest BCUT2D eigenvalue weighted by Crippen LogP contribution is -2.22. The van der Waals surface area contributed by atoms with Crippen LogP contribution in [0.5, 0.6) is 0 Å². The Hall–Kier alpha value is -0.160. The molecule has 7 heteroatoms. The summed E-state index contributed by atoms with van der Waals surface area (Å²) in [5.74, 6) is -0.0828. The van der Waals surface area contributed by atoms with Gasteiger partial charge < -0.3 is 20.5 Å². The van der Waals surface area contributed by atoms with Gasteiger partial charge in [0.2, 0.25) is 0 Å². The summed E-state index contributed by atoms with van der Waals surface area (Å²) in [6.07, 6.45) is 1.71. The van der Waals surface area contributed by atoms with Crippen molar-refractivity contribution in [3.63, 3.8) is 0 Å². The van der Waals surface area contributed by atoms with Gasteiger partial charge in [0.1, 0.15) is 0 Å². The summed E-state index contributed by atoms with van der Waals surface area (Å²) in [5.41, 5.74) is 10.5. The molecule has 0 amide bonds. The monoisotopic (exact) mass is 239 g/mol. The summed E-state index contributed by atoms with van der Waals surface area (Å²) in [6, 6.07) is 0. The van der Waals surface area contributed by atoms with Crippen molar-refractivity contribution in [2.45, 2.75) is 26.7 Å². The van der Waals surface area contributed by atoms with Crippen molar-refractivity contribution < 1.29 is 9.05 Å². The van der Waals surface area contributed by atoms with E-state index < -0.39 is 6.64 Å². The van der Waals surface area contributed by atoms with Crippen molar-refractivity contribution in [3.8, 4) is 0 Å². The molecule has 0 rings (SSSR count). The molecule has 0 fully saturated rings. The maximum atomic E-state index is 5.35. The van der Waals surface area contributed by atoms with Gasteiger partial charge in [0.05, 0.1) is 13.2 Å². The van der Waals surface area contributed by atoms with Gasteiger partial charge in [0, 0.05) is 0 Å². The molecule has 0 aromatic heterocycles. The Kier molecular flexibility index (Phi) is 7.09. The molecular weight excluding hydrogens is 221 g/mol. The molecule has 0 aromatic carbocycles. The van der Waals surface area contributed by atoms with Crippen molar-refractivity contribution in [2.75, 3.05) is 13.2 Å². The molecule has 0 aliphatic heterocycles. The van der Waals surface area contributed by atoms with Gasteiger partial charge in [-0.05, 0) is 24.6 Å². The highest BCUT2D eigenvalue weighted by Gasteiger charge is 2.17. The van der Waals surface area contributed by atoms with Gasteiger partial charge in [-0.3, -0.25) is 0 Å². The Bertz CT molecular complexity index is 219. The molecule has 0 spiro atoms. The molecule has 4 N–H and O–H groups in total. The summed E-state index contributed by atoms with van der Waals surface area (Å²) in [6.45, 7) is 2.35. The molecular formula is C7H18N3O2PS. The van der Waals surface area contributed by atoms with Crippen LogP contribution in [0.4, 0.5) is 0 Å². The first-order valence-electron chi connectivity index (χ1n) is 4.54. The second kappa shape index (κ2) is 7.17. The number of nitrogens with two attached hydrogens (primary N) is 2. The number of hydrogen-bond donors (Lipinski definition) is 2. The van der Waals surface area contributed by atoms with Crippen LogP contribution >= 0.6 is 6.64 Å². The van der Waals surface area contributed by atoms with Gasteiger partial charge in [0.25, 0.3) is 0 Å². The van der Waals surface area contributed by atoms with Crippen LogP contribution in [-0.2, 0) is 20.9 Å². The lowest BCUT2D eigenvalue weighted by Gasteiger charge is -2.16. The first kappa shape index (κ1) is 13.8. The van der Waals surface area contributed by atoms with Gasteiger partial charge in [-0.25, -0.2) is 0 Å². The zero-order valence-corrected chi connectivity index (χ0v) is 10.3. The molecule has 0 aliphatic carbocycles. The summed E-state index contributed by atoms with van der Waals surface area (Å²) in [7, 11) is 0. The number of hydrogen-bond acceptors (Lipinski definition) is 3. The maximum Gasteiger partial charge on any atom is 0.312 e. The lowest BCUT2D eigenvalue weighted by molar-refractivity contribution is 0.247. The third-order valence-electron chi connectivity index (χ3n) is 1.16. The minimum absolute atomic E-state index is 0.0828. The van der Waals surface area contributed by atoms with E-state index in [2.05, 4.69) is 4.76 Å². The minimum atomic E-state index is -2.64. The largest absolute Gasteiger partial charge is 0.370 e. The first-order chi connectivity index (χ1) is 6.54. The molecule has 0 aliphatic rings. The van der Waals surface area contributed by atoms with E-state index in [1.165, 1.54) is 0 Å². The number of nitrogens with zero attached hydrogens (tertiary/aromatic N) is 1. The molecule has 0 aromatic rings. The van der Waals surface area contributed by atoms with Crippen LogP contribution in [0.3, 0.4) is 0 Å². The Morgan fingerprint density at radius 2 is 1.64 bits per heavy atom. The van der Waals surface area contributed by atoms with E-state index in [4.69, 9.17) is 32.3 Å². The van der Waals surface area contributed by atoms with E-state index in [9.17, 15) is 0 Å². The molecule has 0 saturated heterocycles. The van der Waals surface area contributed by atoms with Crippen molar-refractivity contribution >= 4 is 24.4 Å². The van der Waals surface area contributed by atoms with E-state index in [0.29, 0.717) is 13.2 Å². The highest BCUT2D eigenvalue weighted by Crippen LogP contribution is 2.50. The van der Waals surface area contributed by atoms with Crippen LogP contribution in [0.1, 0.15) is 26.7 Å². The first-order valence-corrected chi connectivity index (χ1v) is 7.13. The zero-order valence-electron chi connectivity index (χ0n) is 8.60. The molecule has 0 radical (unpaired) electrons. The van der Waals surface area contributed by atoms with Crippen LogP contribution in [0, 0.1) is 0 Å². The molecule has 0 bridgehead atoms. The molecule has 0 heterocycles. The summed E-state index contributed by atoms with van der Waals surface area (Å²) in [5, 5.41) is 0. The molecule has 14 heavy (non-hydrogen) atoms. The van der Waals surface area contributed by atoms with E-state index >= 15 is 0 Å². The fraction of sp³-hybridized carbons (Fsp3) is 0.857. The second-order valence-corrected chi connectivity index (χ2v) is 5.70. The zero-order chi connectivity index (χ0) is 11.0. The maximum absolute atomic E-state index is 5.35. The standard InChI is InChI=1S/C7H18N3O2PS/c1-3-5-11-13(14,10-7(8)9)12-6-4-2/h3-6H2,1-2H3,(H4,8,9,10,14). The molecule has 0 atom stereocenters. The summed E-state index contributed by atoms with van der Waals surface area (Å²) >= 11 is 5.13. The summed E-state index contributed by atoms with van der Waals surface area (Å²) in [4.78, 5) is 0. The third-order valence-corrected chi connectivity index (χ3v) is 3.53. The second-order valence-electron chi connectivity index (χ2n) is 2.66. The Balaban J connectivity index is 4.34. The minimum Gasteiger partial charge on any atom is -0.370 e. The fourth-order valence-corrected chi connectivity index (χ4v) is 2.68. The highest BCUT2D eigenvalue weighted by atomic mass is 32.5. The number of guanidine groups is 1. The molecule has 84 valence electrons. The topological polar surface area (TPSA) is 82.9 Å². The van der Waals surface area contributed by atoms with E-state index in [0.717, 1.165) is 12.8 Å². The van der Waals surface area contributed by atoms with E-state index in [-0.39, 0.29) is 5.96 Å². The van der Waals surface area contributed by atoms with Crippen LogP contribution in [0.2, 0.25) is 0 Å².